The molecule has 1 unspecified atom stereocenters. The number of aliphatic hydroxyl groups is 1. The zero-order valence-electron chi connectivity index (χ0n) is 18.4. The highest BCUT2D eigenvalue weighted by Crippen LogP contribution is 2.43. The van der Waals surface area contributed by atoms with Crippen LogP contribution in [-0.2, 0) is 9.59 Å². The van der Waals surface area contributed by atoms with Gasteiger partial charge in [0.25, 0.3) is 17.4 Å². The van der Waals surface area contributed by atoms with E-state index in [0.717, 1.165) is 32.1 Å². The summed E-state index contributed by atoms with van der Waals surface area (Å²) < 4.78 is 5.52. The molecule has 1 saturated carbocycles. The van der Waals surface area contributed by atoms with Gasteiger partial charge in [-0.2, -0.15) is 0 Å². The highest BCUT2D eigenvalue weighted by molar-refractivity contribution is 6.46. The number of nitro benzene ring substituents is 1. The van der Waals surface area contributed by atoms with Gasteiger partial charge in [0.2, 0.25) is 0 Å². The number of benzene rings is 2. The summed E-state index contributed by atoms with van der Waals surface area (Å²) in [4.78, 5) is 38.4. The van der Waals surface area contributed by atoms with Crippen LogP contribution in [0, 0.1) is 10.1 Å². The lowest BCUT2D eigenvalue weighted by Gasteiger charge is -2.35. The smallest absolute Gasteiger partial charge is 0.295 e. The van der Waals surface area contributed by atoms with Crippen LogP contribution in [0.15, 0.2) is 54.1 Å². The third-order valence-electron chi connectivity index (χ3n) is 6.31. The minimum Gasteiger partial charge on any atom is -0.507 e. The van der Waals surface area contributed by atoms with Crippen LogP contribution in [0.4, 0.5) is 5.69 Å². The summed E-state index contributed by atoms with van der Waals surface area (Å²) in [7, 11) is 0. The second-order valence-electron chi connectivity index (χ2n) is 8.30. The Morgan fingerprint density at radius 3 is 2.27 bits per heavy atom. The van der Waals surface area contributed by atoms with Crippen molar-refractivity contribution in [1.82, 2.24) is 4.90 Å². The average molecular weight is 450 g/mol. The van der Waals surface area contributed by atoms with Crippen LogP contribution < -0.4 is 4.74 Å². The Morgan fingerprint density at radius 2 is 1.70 bits per heavy atom. The Kier molecular flexibility index (Phi) is 6.44. The number of hydrogen-bond acceptors (Lipinski definition) is 6. The Morgan fingerprint density at radius 1 is 1.06 bits per heavy atom. The third kappa shape index (κ3) is 4.33. The third-order valence-corrected chi connectivity index (χ3v) is 6.31. The molecule has 33 heavy (non-hydrogen) atoms. The molecule has 1 heterocycles. The second kappa shape index (κ2) is 9.44. The van der Waals surface area contributed by atoms with Crippen LogP contribution >= 0.6 is 0 Å². The normalized spacial score (nSPS) is 20.8. The minimum absolute atomic E-state index is 0.00332. The number of non-ortho nitro benzene ring substituents is 1. The molecule has 8 nitrogen and oxygen atoms in total. The maximum absolute atomic E-state index is 13.2. The van der Waals surface area contributed by atoms with Gasteiger partial charge in [-0.15, -0.1) is 0 Å². The molecular weight excluding hydrogens is 424 g/mol. The van der Waals surface area contributed by atoms with E-state index in [1.54, 1.807) is 29.2 Å². The predicted octanol–water partition coefficient (Wildman–Crippen LogP) is 4.75. The highest BCUT2D eigenvalue weighted by Gasteiger charge is 2.48. The minimum atomic E-state index is -0.740. The summed E-state index contributed by atoms with van der Waals surface area (Å²) >= 11 is 0. The van der Waals surface area contributed by atoms with E-state index in [2.05, 4.69) is 0 Å². The standard InChI is InChI=1S/C25H26N2O6/c1-2-33-20-14-10-16(11-15-20)22-21(23(28)17-8-12-19(13-9-17)27(31)32)24(29)25(30)26(22)18-6-4-3-5-7-18/h8-15,18,22,28H,2-7H2,1H3/b23-21-. The first-order chi connectivity index (χ1) is 15.9. The highest BCUT2D eigenvalue weighted by atomic mass is 16.6. The predicted molar refractivity (Wildman–Crippen MR) is 122 cm³/mol. The lowest BCUT2D eigenvalue weighted by atomic mass is 9.91. The van der Waals surface area contributed by atoms with Gasteiger partial charge in [-0.05, 0) is 49.6 Å². The van der Waals surface area contributed by atoms with E-state index in [1.807, 2.05) is 6.92 Å². The van der Waals surface area contributed by atoms with Gasteiger partial charge in [-0.1, -0.05) is 31.4 Å². The Hall–Kier alpha value is -3.68. The first-order valence-corrected chi connectivity index (χ1v) is 11.2. The van der Waals surface area contributed by atoms with Gasteiger partial charge in [0.05, 0.1) is 23.1 Å². The average Bonchev–Trinajstić information content (AvgIpc) is 3.10. The fourth-order valence-electron chi connectivity index (χ4n) is 4.72. The van der Waals surface area contributed by atoms with E-state index in [0.29, 0.717) is 17.9 Å². The van der Waals surface area contributed by atoms with Crippen molar-refractivity contribution in [3.63, 3.8) is 0 Å². The molecule has 8 heteroatoms. The number of aliphatic hydroxyl groups excluding tert-OH is 1. The van der Waals surface area contributed by atoms with Gasteiger partial charge in [-0.3, -0.25) is 19.7 Å². The van der Waals surface area contributed by atoms with Crippen LogP contribution in [0.1, 0.15) is 56.2 Å². The van der Waals surface area contributed by atoms with Crippen molar-refractivity contribution in [2.75, 3.05) is 6.61 Å². The molecular formula is C25H26N2O6. The van der Waals surface area contributed by atoms with E-state index < -0.39 is 22.7 Å². The number of ether oxygens (including phenoxy) is 1. The van der Waals surface area contributed by atoms with Crippen LogP contribution in [-0.4, -0.2) is 39.3 Å². The summed E-state index contributed by atoms with van der Waals surface area (Å²) in [6.07, 6.45) is 4.66. The fraction of sp³-hybridized carbons (Fsp3) is 0.360. The van der Waals surface area contributed by atoms with E-state index in [4.69, 9.17) is 4.74 Å². The molecule has 0 bridgehead atoms. The van der Waals surface area contributed by atoms with Crippen LogP contribution in [0.3, 0.4) is 0 Å². The topological polar surface area (TPSA) is 110 Å². The molecule has 2 fully saturated rings. The molecule has 1 aliphatic carbocycles. The summed E-state index contributed by atoms with van der Waals surface area (Å²) in [6, 6.07) is 11.6. The van der Waals surface area contributed by atoms with E-state index in [9.17, 15) is 24.8 Å². The maximum Gasteiger partial charge on any atom is 0.295 e. The SMILES string of the molecule is CCOc1ccc(C2/C(=C(/O)c3ccc([N+](=O)[O-])cc3)C(=O)C(=O)N2C2CCCCC2)cc1. The number of rotatable bonds is 6. The number of Topliss-reactive ketones (excluding diaryl/α,β-unsaturated/α-hetero) is 1. The number of ketones is 1. The number of hydrogen-bond donors (Lipinski definition) is 1. The van der Waals surface area contributed by atoms with Crippen LogP contribution in [0.25, 0.3) is 5.76 Å². The van der Waals surface area contributed by atoms with Gasteiger partial charge in [0.15, 0.2) is 0 Å². The maximum atomic E-state index is 13.2. The van der Waals surface area contributed by atoms with Crippen LogP contribution in [0.5, 0.6) is 5.75 Å². The summed E-state index contributed by atoms with van der Waals surface area (Å²) in [6.45, 7) is 2.40. The molecule has 2 aromatic carbocycles. The van der Waals surface area contributed by atoms with Gasteiger partial charge >= 0.3 is 0 Å². The molecule has 1 amide bonds. The number of likely N-dealkylation sites (tertiary alicyclic amines) is 1. The summed E-state index contributed by atoms with van der Waals surface area (Å²) in [5.41, 5.74) is 0.825. The molecule has 1 aliphatic heterocycles. The zero-order valence-corrected chi connectivity index (χ0v) is 18.4. The van der Waals surface area contributed by atoms with Gasteiger partial charge in [0.1, 0.15) is 11.5 Å². The van der Waals surface area contributed by atoms with Crippen molar-refractivity contribution in [1.29, 1.82) is 0 Å². The number of nitrogens with zero attached hydrogens (tertiary/aromatic N) is 2. The van der Waals surface area contributed by atoms with E-state index in [1.165, 1.54) is 24.3 Å². The largest absolute Gasteiger partial charge is 0.507 e. The lowest BCUT2D eigenvalue weighted by molar-refractivity contribution is -0.384. The summed E-state index contributed by atoms with van der Waals surface area (Å²) in [5.74, 6) is -1.02. The van der Waals surface area contributed by atoms with Gasteiger partial charge < -0.3 is 14.7 Å². The lowest BCUT2D eigenvalue weighted by Crippen LogP contribution is -2.40. The molecule has 0 radical (unpaired) electrons. The molecule has 1 N–H and O–H groups in total. The first kappa shape index (κ1) is 22.5. The Labute approximate surface area is 191 Å². The molecule has 1 atom stereocenters. The Balaban J connectivity index is 1.81. The number of carbonyl (C=O) groups excluding carboxylic acids is 2. The molecule has 172 valence electrons. The monoisotopic (exact) mass is 450 g/mol. The number of carbonyl (C=O) groups is 2. The Bertz CT molecular complexity index is 1080. The molecule has 2 aliphatic rings. The van der Waals surface area contributed by atoms with Crippen molar-refractivity contribution in [3.8, 4) is 5.75 Å². The molecule has 4 rings (SSSR count). The van der Waals surface area contributed by atoms with E-state index >= 15 is 0 Å². The molecule has 0 spiro atoms. The van der Waals surface area contributed by atoms with Gasteiger partial charge in [-0.25, -0.2) is 0 Å². The second-order valence-corrected chi connectivity index (χ2v) is 8.30. The van der Waals surface area contributed by atoms with Crippen LogP contribution in [0.2, 0.25) is 0 Å². The van der Waals surface area contributed by atoms with Crippen molar-refractivity contribution < 1.29 is 24.4 Å². The number of nitro groups is 1. The van der Waals surface area contributed by atoms with Crippen molar-refractivity contribution in [2.24, 2.45) is 0 Å². The fourth-order valence-corrected chi connectivity index (χ4v) is 4.72. The van der Waals surface area contributed by atoms with Crippen molar-refractivity contribution >= 4 is 23.1 Å². The quantitative estimate of drug-likeness (QED) is 0.224. The van der Waals surface area contributed by atoms with Crippen molar-refractivity contribution in [2.45, 2.75) is 51.1 Å². The first-order valence-electron chi connectivity index (χ1n) is 11.2. The summed E-state index contributed by atoms with van der Waals surface area (Å²) in [5, 5.41) is 22.1. The van der Waals surface area contributed by atoms with Gasteiger partial charge in [0, 0.05) is 23.7 Å². The number of amides is 1. The molecule has 0 aromatic heterocycles. The molecule has 2 aromatic rings. The van der Waals surface area contributed by atoms with Crippen molar-refractivity contribution in [3.05, 3.63) is 75.3 Å². The van der Waals surface area contributed by atoms with E-state index in [-0.39, 0.29) is 28.6 Å². The molecule has 1 saturated heterocycles. The zero-order chi connectivity index (χ0) is 23.5.